The number of ether oxygens (including phenoxy) is 4. The zero-order valence-electron chi connectivity index (χ0n) is 62.4. The molecule has 0 fully saturated rings. The number of benzene rings is 8. The van der Waals surface area contributed by atoms with E-state index in [0.29, 0.717) is 139 Å². The molecule has 0 amide bonds. The van der Waals surface area contributed by atoms with Crippen LogP contribution in [-0.4, -0.2) is 46.4 Å². The van der Waals surface area contributed by atoms with E-state index in [2.05, 4.69) is 37.7 Å². The molecule has 7 aromatic heterocycles. The highest BCUT2D eigenvalue weighted by molar-refractivity contribution is 6.01. The van der Waals surface area contributed by atoms with Crippen molar-refractivity contribution in [3.05, 3.63) is 283 Å². The standard InChI is InChI=1S/C96H78N4O12/c1-5-9-45-105-69-33-29-65-49-73(93(101)109-85(65)53-69)57-13-21-61(22-14-57)89-77-37-39-79(97-77)90(62-23-15-58(16-24-62)74-50-66-30-34-70(106-46-10-6-2)54-86(66)110-94(74)102)81-41-43-83(99-81)92(64-27-19-60(20-28-64)76-52-68-32-36-72(108-48-12-8-4)56-88(68)112-96(76)104)84-44-42-82(100-84)91(80-40-38-78(89)98-80)63-25-17-59(18-26-63)75-51-67-31-35-71(107-47-11-7-3)55-87(67)111-95(75)103/h13-44,49-56,97,100H,5-12,45-48H2,1-4H3. The molecule has 9 heterocycles. The summed E-state index contributed by atoms with van der Waals surface area (Å²) in [5, 5.41) is 3.03. The molecule has 8 bridgehead atoms. The Balaban J connectivity index is 0.846. The first-order chi connectivity index (χ1) is 54.9. The number of unbranched alkanes of at least 4 members (excludes halogenated alkanes) is 4. The van der Waals surface area contributed by atoms with Gasteiger partial charge in [0.1, 0.15) is 45.3 Å². The molecule has 2 aliphatic heterocycles. The van der Waals surface area contributed by atoms with Crippen molar-refractivity contribution >= 4 is 90.2 Å². The predicted molar refractivity (Wildman–Crippen MR) is 448 cm³/mol. The summed E-state index contributed by atoms with van der Waals surface area (Å²) in [6, 6.07) is 69.3. The minimum absolute atomic E-state index is 0.405. The van der Waals surface area contributed by atoms with Crippen molar-refractivity contribution in [1.29, 1.82) is 0 Å². The number of nitrogens with zero attached hydrogens (tertiary/aromatic N) is 2. The maximum Gasteiger partial charge on any atom is 0.344 e. The quantitative estimate of drug-likeness (QED) is 0.0425. The fraction of sp³-hybridized carbons (Fsp3) is 0.167. The third-order valence-corrected chi connectivity index (χ3v) is 20.6. The summed E-state index contributed by atoms with van der Waals surface area (Å²) in [7, 11) is 0. The molecular formula is C96H78N4O12. The van der Waals surface area contributed by atoms with Gasteiger partial charge in [-0.3, -0.25) is 0 Å². The predicted octanol–water partition coefficient (Wildman–Crippen LogP) is 23.1. The largest absolute Gasteiger partial charge is 0.493 e. The topological polar surface area (TPSA) is 215 Å². The summed E-state index contributed by atoms with van der Waals surface area (Å²) >= 11 is 0. The summed E-state index contributed by atoms with van der Waals surface area (Å²) < 4.78 is 47.8. The van der Waals surface area contributed by atoms with Crippen LogP contribution in [0.15, 0.2) is 255 Å². The Bertz CT molecular complexity index is 5860. The van der Waals surface area contributed by atoms with Gasteiger partial charge in [-0.1, -0.05) is 150 Å². The maximum absolute atomic E-state index is 14.0. The van der Waals surface area contributed by atoms with Gasteiger partial charge in [0.05, 0.1) is 71.5 Å². The Labute approximate surface area is 643 Å². The summed E-state index contributed by atoms with van der Waals surface area (Å²) in [4.78, 5) is 74.8. The molecule has 554 valence electrons. The number of aromatic amines is 2. The van der Waals surface area contributed by atoms with Crippen LogP contribution in [0, 0.1) is 0 Å². The highest BCUT2D eigenvalue weighted by Gasteiger charge is 2.23. The number of hydrogen-bond donors (Lipinski definition) is 2. The van der Waals surface area contributed by atoms with Gasteiger partial charge >= 0.3 is 22.5 Å². The normalized spacial score (nSPS) is 11.9. The van der Waals surface area contributed by atoms with Gasteiger partial charge in [-0.15, -0.1) is 0 Å². The van der Waals surface area contributed by atoms with Crippen LogP contribution in [0.2, 0.25) is 0 Å². The summed E-state index contributed by atoms with van der Waals surface area (Å²) in [6.45, 7) is 10.7. The summed E-state index contributed by atoms with van der Waals surface area (Å²) in [6.07, 6.45) is 15.7. The van der Waals surface area contributed by atoms with Gasteiger partial charge in [0.15, 0.2) is 0 Å². The van der Waals surface area contributed by atoms with Crippen molar-refractivity contribution < 1.29 is 36.6 Å². The highest BCUT2D eigenvalue weighted by atomic mass is 16.5. The number of fused-ring (bicyclic) bond motifs is 12. The van der Waals surface area contributed by atoms with Crippen LogP contribution in [0.1, 0.15) is 102 Å². The molecule has 0 unspecified atom stereocenters. The molecule has 8 aromatic carbocycles. The highest BCUT2D eigenvalue weighted by Crippen LogP contribution is 2.42. The lowest BCUT2D eigenvalue weighted by Gasteiger charge is -2.10. The van der Waals surface area contributed by atoms with Crippen molar-refractivity contribution in [2.75, 3.05) is 26.4 Å². The first-order valence-electron chi connectivity index (χ1n) is 38.3. The number of hydrogen-bond acceptors (Lipinski definition) is 14. The number of aromatic nitrogens is 4. The minimum atomic E-state index is -0.479. The molecule has 0 saturated heterocycles. The number of rotatable bonds is 24. The first-order valence-corrected chi connectivity index (χ1v) is 38.3. The van der Waals surface area contributed by atoms with Gasteiger partial charge in [0, 0.05) is 90.1 Å². The average molecular weight is 1480 g/mol. The van der Waals surface area contributed by atoms with Crippen LogP contribution >= 0.6 is 0 Å². The lowest BCUT2D eigenvalue weighted by atomic mass is 9.99. The van der Waals surface area contributed by atoms with Crippen LogP contribution in [0.5, 0.6) is 23.0 Å². The molecule has 16 nitrogen and oxygen atoms in total. The average Bonchev–Trinajstić information content (AvgIpc) is 1.45. The molecule has 0 atom stereocenters. The fourth-order valence-electron chi connectivity index (χ4n) is 14.6. The van der Waals surface area contributed by atoms with E-state index in [0.717, 1.165) is 139 Å². The molecule has 15 aromatic rings. The van der Waals surface area contributed by atoms with Crippen molar-refractivity contribution in [2.24, 2.45) is 0 Å². The van der Waals surface area contributed by atoms with E-state index < -0.39 is 22.5 Å². The summed E-state index contributed by atoms with van der Waals surface area (Å²) in [5.74, 6) is 2.55. The lowest BCUT2D eigenvalue weighted by Crippen LogP contribution is -2.03. The van der Waals surface area contributed by atoms with Crippen LogP contribution in [-0.2, 0) is 0 Å². The summed E-state index contributed by atoms with van der Waals surface area (Å²) in [5.41, 5.74) is 15.8. The van der Waals surface area contributed by atoms with Gasteiger partial charge in [0.2, 0.25) is 0 Å². The molecule has 0 saturated carbocycles. The second kappa shape index (κ2) is 31.2. The molecule has 0 radical (unpaired) electrons. The molecule has 112 heavy (non-hydrogen) atoms. The fourth-order valence-corrected chi connectivity index (χ4v) is 14.6. The van der Waals surface area contributed by atoms with Gasteiger partial charge < -0.3 is 46.6 Å². The number of nitrogens with one attached hydrogen (secondary N) is 2. The van der Waals surface area contributed by atoms with E-state index in [1.807, 2.05) is 218 Å². The monoisotopic (exact) mass is 1480 g/mol. The Hall–Kier alpha value is -13.6. The van der Waals surface area contributed by atoms with Crippen molar-refractivity contribution in [2.45, 2.75) is 79.1 Å². The van der Waals surface area contributed by atoms with E-state index >= 15 is 0 Å². The first kappa shape index (κ1) is 71.3. The van der Waals surface area contributed by atoms with Crippen LogP contribution in [0.3, 0.4) is 0 Å². The number of H-pyrrole nitrogens is 2. The molecule has 2 N–H and O–H groups in total. The van der Waals surface area contributed by atoms with Crippen molar-refractivity contribution in [3.63, 3.8) is 0 Å². The van der Waals surface area contributed by atoms with Crippen LogP contribution in [0.25, 0.3) is 179 Å². The second-order valence-electron chi connectivity index (χ2n) is 28.2. The van der Waals surface area contributed by atoms with E-state index in [1.165, 1.54) is 0 Å². The van der Waals surface area contributed by atoms with E-state index in [-0.39, 0.29) is 0 Å². The van der Waals surface area contributed by atoms with Gasteiger partial charge in [-0.2, -0.15) is 0 Å². The molecule has 16 heteroatoms. The Morgan fingerprint density at radius 3 is 0.696 bits per heavy atom. The molecule has 0 aliphatic carbocycles. The van der Waals surface area contributed by atoms with Gasteiger partial charge in [-0.25, -0.2) is 29.1 Å². The maximum atomic E-state index is 14.0. The third-order valence-electron chi connectivity index (χ3n) is 20.6. The third kappa shape index (κ3) is 14.5. The Kier molecular flexibility index (Phi) is 19.9. The van der Waals surface area contributed by atoms with Gasteiger partial charge in [-0.05, 0) is 192 Å². The van der Waals surface area contributed by atoms with E-state index in [1.54, 1.807) is 24.3 Å². The van der Waals surface area contributed by atoms with Crippen molar-refractivity contribution in [1.82, 2.24) is 19.9 Å². The SMILES string of the molecule is CCCCOc1ccc2cc(-c3ccc(-c4c5nc(c(-c6ccc(-c7cc8ccc(OCCCC)cc8oc7=O)cc6)c6ccc([nH]6)c(-c6ccc(-c7cc8ccc(OCCCC)cc8oc7=O)cc6)c6nc(c(-c7ccc(-c8cc9ccc(OCCCC)cc9oc8=O)cc7)c7ccc4[nH]7)C=C6)C=C5)cc3)c(=O)oc2c1. The van der Waals surface area contributed by atoms with Gasteiger partial charge in [0.25, 0.3) is 0 Å². The van der Waals surface area contributed by atoms with Crippen LogP contribution < -0.4 is 41.4 Å². The Morgan fingerprint density at radius 1 is 0.268 bits per heavy atom. The molecule has 2 aliphatic rings. The van der Waals surface area contributed by atoms with Crippen molar-refractivity contribution in [3.8, 4) is 112 Å². The Morgan fingerprint density at radius 2 is 0.482 bits per heavy atom. The molecular weight excluding hydrogens is 1400 g/mol. The zero-order valence-corrected chi connectivity index (χ0v) is 62.4. The molecule has 17 rings (SSSR count). The zero-order chi connectivity index (χ0) is 76.3. The second-order valence-corrected chi connectivity index (χ2v) is 28.2. The van der Waals surface area contributed by atoms with E-state index in [4.69, 9.17) is 46.6 Å². The minimum Gasteiger partial charge on any atom is -0.493 e. The smallest absolute Gasteiger partial charge is 0.344 e. The lowest BCUT2D eigenvalue weighted by molar-refractivity contribution is 0.309. The molecule has 0 spiro atoms. The van der Waals surface area contributed by atoms with Crippen LogP contribution in [0.4, 0.5) is 0 Å². The van der Waals surface area contributed by atoms with E-state index in [9.17, 15) is 19.2 Å².